The second-order valence-electron chi connectivity index (χ2n) is 3.38. The van der Waals surface area contributed by atoms with Gasteiger partial charge < -0.3 is 20.5 Å². The first-order chi connectivity index (χ1) is 8.63. The molecule has 1 unspecified atom stereocenters. The van der Waals surface area contributed by atoms with E-state index in [-0.39, 0.29) is 6.54 Å². The number of aromatic nitrogens is 1. The van der Waals surface area contributed by atoms with Crippen molar-refractivity contribution in [1.82, 2.24) is 15.6 Å². The molecule has 0 radical (unpaired) electrons. The van der Waals surface area contributed by atoms with Gasteiger partial charge >= 0.3 is 12.0 Å². The van der Waals surface area contributed by atoms with E-state index in [4.69, 9.17) is 5.11 Å². The molecule has 3 N–H and O–H groups in total. The van der Waals surface area contributed by atoms with Gasteiger partial charge in [0.05, 0.1) is 11.6 Å². The highest BCUT2D eigenvalue weighted by Gasteiger charge is 2.16. The smallest absolute Gasteiger partial charge is 0.334 e. The van der Waals surface area contributed by atoms with Gasteiger partial charge in [-0.15, -0.1) is 11.3 Å². The number of methoxy groups -OCH3 is 1. The third kappa shape index (κ3) is 5.11. The number of carbonyl (C=O) groups excluding carboxylic acids is 1. The third-order valence-corrected chi connectivity index (χ3v) is 2.96. The molecule has 2 amide bonds. The molecule has 1 rings (SSSR count). The van der Waals surface area contributed by atoms with Gasteiger partial charge in [0, 0.05) is 31.7 Å². The number of ether oxygens (including phenoxy) is 1. The molecule has 18 heavy (non-hydrogen) atoms. The van der Waals surface area contributed by atoms with Crippen molar-refractivity contribution in [3.63, 3.8) is 0 Å². The summed E-state index contributed by atoms with van der Waals surface area (Å²) in [5.74, 6) is -1.11. The normalized spacial score (nSPS) is 11.8. The van der Waals surface area contributed by atoms with Crippen LogP contribution >= 0.6 is 11.3 Å². The SMILES string of the molecule is COC(CNC(=O)NCCc1nccs1)C(=O)O. The van der Waals surface area contributed by atoms with E-state index in [9.17, 15) is 9.59 Å². The lowest BCUT2D eigenvalue weighted by atomic mass is 10.3. The maximum atomic E-state index is 11.3. The molecule has 1 aromatic heterocycles. The number of carbonyl (C=O) groups is 2. The number of rotatable bonds is 7. The van der Waals surface area contributed by atoms with Crippen LogP contribution < -0.4 is 10.6 Å². The molecule has 7 nitrogen and oxygen atoms in total. The predicted octanol–water partition coefficient (Wildman–Crippen LogP) is 0.0844. The summed E-state index contributed by atoms with van der Waals surface area (Å²) in [4.78, 5) is 26.0. The minimum Gasteiger partial charge on any atom is -0.479 e. The van der Waals surface area contributed by atoms with Gasteiger partial charge in [0.25, 0.3) is 0 Å². The van der Waals surface area contributed by atoms with Crippen LogP contribution in [0.2, 0.25) is 0 Å². The number of amides is 2. The molecule has 100 valence electrons. The zero-order chi connectivity index (χ0) is 13.4. The lowest BCUT2D eigenvalue weighted by Gasteiger charge is -2.11. The Morgan fingerprint density at radius 3 is 2.89 bits per heavy atom. The Hall–Kier alpha value is -1.67. The van der Waals surface area contributed by atoms with E-state index in [1.165, 1.54) is 18.4 Å². The lowest BCUT2D eigenvalue weighted by molar-refractivity contribution is -0.147. The fraction of sp³-hybridized carbons (Fsp3) is 0.500. The largest absolute Gasteiger partial charge is 0.479 e. The number of hydrogen-bond acceptors (Lipinski definition) is 5. The number of aliphatic carboxylic acids is 1. The van der Waals surface area contributed by atoms with E-state index >= 15 is 0 Å². The molecule has 1 atom stereocenters. The van der Waals surface area contributed by atoms with Crippen LogP contribution in [0.25, 0.3) is 0 Å². The summed E-state index contributed by atoms with van der Waals surface area (Å²) >= 11 is 1.52. The second kappa shape index (κ2) is 7.62. The Morgan fingerprint density at radius 2 is 2.33 bits per heavy atom. The predicted molar refractivity (Wildman–Crippen MR) is 65.7 cm³/mol. The molecule has 0 fully saturated rings. The quantitative estimate of drug-likeness (QED) is 0.653. The highest BCUT2D eigenvalue weighted by molar-refractivity contribution is 7.09. The molecular formula is C10H15N3O4S. The van der Waals surface area contributed by atoms with Gasteiger partial charge in [-0.05, 0) is 0 Å². The van der Waals surface area contributed by atoms with Gasteiger partial charge in [-0.2, -0.15) is 0 Å². The standard InChI is InChI=1S/C10H15N3O4S/c1-17-7(9(14)15)6-13-10(16)12-3-2-8-11-4-5-18-8/h4-5,7H,2-3,6H2,1H3,(H,14,15)(H2,12,13,16). The van der Waals surface area contributed by atoms with Gasteiger partial charge in [-0.1, -0.05) is 0 Å². The Labute approximate surface area is 108 Å². The molecule has 0 saturated carbocycles. The zero-order valence-corrected chi connectivity index (χ0v) is 10.7. The molecule has 0 aliphatic carbocycles. The molecule has 0 aromatic carbocycles. The Morgan fingerprint density at radius 1 is 1.56 bits per heavy atom. The second-order valence-corrected chi connectivity index (χ2v) is 4.35. The number of hydrogen-bond donors (Lipinski definition) is 3. The van der Waals surface area contributed by atoms with Gasteiger partial charge in [0.2, 0.25) is 0 Å². The van der Waals surface area contributed by atoms with Crippen LogP contribution in [0, 0.1) is 0 Å². The lowest BCUT2D eigenvalue weighted by Crippen LogP contribution is -2.43. The van der Waals surface area contributed by atoms with Gasteiger partial charge in [0.1, 0.15) is 0 Å². The number of thiazole rings is 1. The topological polar surface area (TPSA) is 101 Å². The van der Waals surface area contributed by atoms with E-state index in [1.807, 2.05) is 5.38 Å². The van der Waals surface area contributed by atoms with Crippen LogP contribution in [-0.2, 0) is 16.0 Å². The van der Waals surface area contributed by atoms with Crippen molar-refractivity contribution in [2.45, 2.75) is 12.5 Å². The molecule has 0 spiro atoms. The molecule has 0 aliphatic heterocycles. The molecule has 1 aromatic rings. The number of nitrogens with zero attached hydrogens (tertiary/aromatic N) is 1. The van der Waals surface area contributed by atoms with Crippen molar-refractivity contribution in [1.29, 1.82) is 0 Å². The minimum absolute atomic E-state index is 0.0745. The number of urea groups is 1. The van der Waals surface area contributed by atoms with Crippen LogP contribution in [0.15, 0.2) is 11.6 Å². The average Bonchev–Trinajstić information content (AvgIpc) is 2.82. The van der Waals surface area contributed by atoms with E-state index in [1.54, 1.807) is 6.20 Å². The fourth-order valence-corrected chi connectivity index (χ4v) is 1.80. The molecule has 1 heterocycles. The molecule has 0 bridgehead atoms. The van der Waals surface area contributed by atoms with Crippen LogP contribution in [-0.4, -0.2) is 48.4 Å². The zero-order valence-electron chi connectivity index (χ0n) is 9.88. The first-order valence-corrected chi connectivity index (χ1v) is 6.17. The van der Waals surface area contributed by atoms with E-state index in [0.717, 1.165) is 5.01 Å². The summed E-state index contributed by atoms with van der Waals surface area (Å²) in [5.41, 5.74) is 0. The Bertz CT molecular complexity index is 382. The third-order valence-electron chi connectivity index (χ3n) is 2.12. The molecule has 0 saturated heterocycles. The van der Waals surface area contributed by atoms with Crippen molar-refractivity contribution in [3.05, 3.63) is 16.6 Å². The monoisotopic (exact) mass is 273 g/mol. The molecule has 0 aliphatic rings. The van der Waals surface area contributed by atoms with Crippen LogP contribution in [0.4, 0.5) is 4.79 Å². The highest BCUT2D eigenvalue weighted by atomic mass is 32.1. The average molecular weight is 273 g/mol. The summed E-state index contributed by atoms with van der Waals surface area (Å²) < 4.78 is 4.68. The number of carboxylic acids is 1. The van der Waals surface area contributed by atoms with Crippen molar-refractivity contribution in [2.75, 3.05) is 20.2 Å². The van der Waals surface area contributed by atoms with E-state index in [2.05, 4.69) is 20.4 Å². The summed E-state index contributed by atoms with van der Waals surface area (Å²) in [6.45, 7) is 0.374. The minimum atomic E-state index is -1.11. The summed E-state index contributed by atoms with van der Waals surface area (Å²) in [6, 6.07) is -0.421. The van der Waals surface area contributed by atoms with Crippen LogP contribution in [0.1, 0.15) is 5.01 Å². The first-order valence-electron chi connectivity index (χ1n) is 5.29. The van der Waals surface area contributed by atoms with Gasteiger partial charge in [-0.25, -0.2) is 14.6 Å². The van der Waals surface area contributed by atoms with Gasteiger partial charge in [0.15, 0.2) is 6.10 Å². The summed E-state index contributed by atoms with van der Waals surface area (Å²) in [6.07, 6.45) is 1.32. The maximum Gasteiger partial charge on any atom is 0.334 e. The van der Waals surface area contributed by atoms with Crippen molar-refractivity contribution >= 4 is 23.3 Å². The van der Waals surface area contributed by atoms with Crippen molar-refractivity contribution in [3.8, 4) is 0 Å². The van der Waals surface area contributed by atoms with Gasteiger partial charge in [-0.3, -0.25) is 0 Å². The van der Waals surface area contributed by atoms with Crippen LogP contribution in [0.5, 0.6) is 0 Å². The first kappa shape index (κ1) is 14.4. The Kier molecular flexibility index (Phi) is 6.09. The van der Waals surface area contributed by atoms with Crippen LogP contribution in [0.3, 0.4) is 0 Å². The van der Waals surface area contributed by atoms with Crippen molar-refractivity contribution in [2.24, 2.45) is 0 Å². The Balaban J connectivity index is 2.15. The fourth-order valence-electron chi connectivity index (χ4n) is 1.18. The van der Waals surface area contributed by atoms with E-state index < -0.39 is 18.1 Å². The number of carboxylic acid groups (broad SMARTS) is 1. The van der Waals surface area contributed by atoms with Crippen molar-refractivity contribution < 1.29 is 19.4 Å². The summed E-state index contributed by atoms with van der Waals surface area (Å²) in [5, 5.41) is 16.5. The highest BCUT2D eigenvalue weighted by Crippen LogP contribution is 2.03. The molecular weight excluding hydrogens is 258 g/mol. The van der Waals surface area contributed by atoms with E-state index in [0.29, 0.717) is 13.0 Å². The maximum absolute atomic E-state index is 11.3. The molecule has 8 heteroatoms. The summed E-state index contributed by atoms with van der Waals surface area (Å²) in [7, 11) is 1.28. The number of nitrogens with one attached hydrogen (secondary N) is 2.